The lowest BCUT2D eigenvalue weighted by molar-refractivity contribution is -0.141. The topological polar surface area (TPSA) is 104 Å². The van der Waals surface area contributed by atoms with Gasteiger partial charge in [0.1, 0.15) is 11.7 Å². The lowest BCUT2D eigenvalue weighted by Gasteiger charge is -2.37. The first-order valence-electron chi connectivity index (χ1n) is 9.31. The molecular weight excluding hydrogens is 413 g/mol. The van der Waals surface area contributed by atoms with Crippen LogP contribution < -0.4 is 10.2 Å². The van der Waals surface area contributed by atoms with E-state index in [-0.39, 0.29) is 5.95 Å². The highest BCUT2D eigenvalue weighted by Gasteiger charge is 2.35. The first kappa shape index (κ1) is 20.5. The average molecular weight is 430 g/mol. The fourth-order valence-electron chi connectivity index (χ4n) is 3.23. The van der Waals surface area contributed by atoms with Crippen molar-refractivity contribution in [2.75, 3.05) is 16.8 Å². The lowest BCUT2D eigenvalue weighted by Crippen LogP contribution is -2.53. The van der Waals surface area contributed by atoms with Gasteiger partial charge in [0.25, 0.3) is 0 Å². The van der Waals surface area contributed by atoms with Gasteiger partial charge in [-0.2, -0.15) is 13.2 Å². The minimum Gasteiger partial charge on any atom is -0.480 e. The van der Waals surface area contributed by atoms with Gasteiger partial charge in [-0.05, 0) is 42.7 Å². The van der Waals surface area contributed by atoms with Gasteiger partial charge in [-0.3, -0.25) is 0 Å². The van der Waals surface area contributed by atoms with E-state index in [0.717, 1.165) is 23.4 Å². The summed E-state index contributed by atoms with van der Waals surface area (Å²) in [5.41, 5.74) is 1.73. The van der Waals surface area contributed by atoms with E-state index in [9.17, 15) is 18.0 Å². The Morgan fingerprint density at radius 2 is 1.90 bits per heavy atom. The van der Waals surface area contributed by atoms with Gasteiger partial charge in [0.2, 0.25) is 11.9 Å². The molecule has 0 amide bonds. The second kappa shape index (κ2) is 7.82. The molecule has 1 saturated heterocycles. The fraction of sp³-hybridized carbons (Fsp3) is 0.250. The number of carboxylic acids is 1. The summed E-state index contributed by atoms with van der Waals surface area (Å²) in [5, 5.41) is 12.0. The highest BCUT2D eigenvalue weighted by atomic mass is 19.4. The van der Waals surface area contributed by atoms with Crippen LogP contribution in [0.2, 0.25) is 0 Å². The van der Waals surface area contributed by atoms with E-state index in [1.54, 1.807) is 29.4 Å². The predicted octanol–water partition coefficient (Wildman–Crippen LogP) is 3.67. The van der Waals surface area contributed by atoms with Crippen molar-refractivity contribution in [2.24, 2.45) is 0 Å². The third kappa shape index (κ3) is 4.39. The molecule has 1 aliphatic heterocycles. The van der Waals surface area contributed by atoms with Crippen molar-refractivity contribution in [3.05, 3.63) is 54.1 Å². The number of carboxylic acid groups (broad SMARTS) is 1. The number of aliphatic carboxylic acids is 1. The molecule has 1 unspecified atom stereocenters. The molecule has 4 rings (SSSR count). The maximum absolute atomic E-state index is 12.9. The Kier molecular flexibility index (Phi) is 5.17. The van der Waals surface area contributed by atoms with E-state index < -0.39 is 23.9 Å². The molecular formula is C20H17F3N6O2. The van der Waals surface area contributed by atoms with Gasteiger partial charge in [-0.15, -0.1) is 0 Å². The van der Waals surface area contributed by atoms with Crippen molar-refractivity contribution < 1.29 is 23.1 Å². The number of halogens is 3. The van der Waals surface area contributed by atoms with E-state index in [1.807, 2.05) is 13.0 Å². The second-order valence-electron chi connectivity index (χ2n) is 7.08. The van der Waals surface area contributed by atoms with E-state index in [4.69, 9.17) is 5.11 Å². The van der Waals surface area contributed by atoms with Crippen LogP contribution in [0.4, 0.5) is 30.8 Å². The van der Waals surface area contributed by atoms with Gasteiger partial charge in [0, 0.05) is 36.4 Å². The van der Waals surface area contributed by atoms with Crippen LogP contribution in [0.1, 0.15) is 17.7 Å². The number of aromatic nitrogens is 4. The van der Waals surface area contributed by atoms with Crippen LogP contribution in [0, 0.1) is 6.92 Å². The Hall–Kier alpha value is -3.76. The largest absolute Gasteiger partial charge is 0.480 e. The normalized spacial score (nSPS) is 16.0. The number of rotatable bonds is 5. The number of benzene rings is 1. The predicted molar refractivity (Wildman–Crippen MR) is 106 cm³/mol. The maximum atomic E-state index is 12.9. The van der Waals surface area contributed by atoms with Crippen molar-refractivity contribution in [2.45, 2.75) is 25.6 Å². The quantitative estimate of drug-likeness (QED) is 0.632. The van der Waals surface area contributed by atoms with Crippen molar-refractivity contribution in [3.8, 4) is 11.1 Å². The Balaban J connectivity index is 1.56. The summed E-state index contributed by atoms with van der Waals surface area (Å²) < 4.78 is 38.6. The molecule has 2 aromatic heterocycles. The molecule has 2 N–H and O–H groups in total. The van der Waals surface area contributed by atoms with Crippen molar-refractivity contribution >= 4 is 23.6 Å². The summed E-state index contributed by atoms with van der Waals surface area (Å²) in [4.78, 5) is 28.7. The van der Waals surface area contributed by atoms with E-state index >= 15 is 0 Å². The van der Waals surface area contributed by atoms with Gasteiger partial charge in [-0.1, -0.05) is 6.07 Å². The van der Waals surface area contributed by atoms with E-state index in [2.05, 4.69) is 25.3 Å². The molecule has 31 heavy (non-hydrogen) atoms. The maximum Gasteiger partial charge on any atom is 0.433 e. The molecule has 0 aliphatic carbocycles. The smallest absolute Gasteiger partial charge is 0.433 e. The number of anilines is 3. The Labute approximate surface area is 174 Å². The molecule has 0 spiro atoms. The number of nitrogens with one attached hydrogen (secondary N) is 1. The molecule has 3 heterocycles. The number of nitrogens with zero attached hydrogens (tertiary/aromatic N) is 5. The molecule has 1 aliphatic rings. The van der Waals surface area contributed by atoms with E-state index in [0.29, 0.717) is 30.2 Å². The van der Waals surface area contributed by atoms with E-state index in [1.165, 1.54) is 0 Å². The number of alkyl halides is 3. The van der Waals surface area contributed by atoms with Crippen LogP contribution in [0.3, 0.4) is 0 Å². The zero-order valence-electron chi connectivity index (χ0n) is 16.3. The van der Waals surface area contributed by atoms with Crippen molar-refractivity contribution in [1.82, 2.24) is 19.9 Å². The molecule has 1 fully saturated rings. The lowest BCUT2D eigenvalue weighted by atomic mass is 10.0. The minimum absolute atomic E-state index is 0.171. The highest BCUT2D eigenvalue weighted by molar-refractivity contribution is 5.79. The molecule has 1 aromatic carbocycles. The summed E-state index contributed by atoms with van der Waals surface area (Å²) in [5.74, 6) is -0.744. The molecule has 8 nitrogen and oxygen atoms in total. The number of hydrogen-bond acceptors (Lipinski definition) is 7. The van der Waals surface area contributed by atoms with Crippen LogP contribution in [0.5, 0.6) is 0 Å². The second-order valence-corrected chi connectivity index (χ2v) is 7.08. The molecule has 0 radical (unpaired) electrons. The first-order valence-corrected chi connectivity index (χ1v) is 9.31. The number of aryl methyl sites for hydroxylation is 1. The third-order valence-electron chi connectivity index (χ3n) is 4.81. The van der Waals surface area contributed by atoms with Gasteiger partial charge in [-0.25, -0.2) is 24.7 Å². The third-order valence-corrected chi connectivity index (χ3v) is 4.81. The molecule has 11 heteroatoms. The van der Waals surface area contributed by atoms with Crippen LogP contribution in [-0.2, 0) is 11.0 Å². The molecule has 0 saturated carbocycles. The standard InChI is InChI=1S/C20H17F3N6O2/c1-11-6-12(13-9-25-19(26-10-13)29-5-3-15(29)17(30)31)8-14(7-11)27-18-24-4-2-16(28-18)20(21,22)23/h2,4,6-10,15H,3,5H2,1H3,(H,30,31)(H,24,27,28). The van der Waals surface area contributed by atoms with Crippen molar-refractivity contribution in [1.29, 1.82) is 0 Å². The van der Waals surface area contributed by atoms with Crippen LogP contribution in [-0.4, -0.2) is 43.6 Å². The number of hydrogen-bond donors (Lipinski definition) is 2. The minimum atomic E-state index is -4.56. The van der Waals surface area contributed by atoms with Crippen LogP contribution in [0.15, 0.2) is 42.9 Å². The summed E-state index contributed by atoms with van der Waals surface area (Å²) >= 11 is 0. The summed E-state index contributed by atoms with van der Waals surface area (Å²) in [6, 6.07) is 5.53. The Morgan fingerprint density at radius 1 is 1.16 bits per heavy atom. The fourth-order valence-corrected chi connectivity index (χ4v) is 3.23. The van der Waals surface area contributed by atoms with Gasteiger partial charge in [0.15, 0.2) is 0 Å². The van der Waals surface area contributed by atoms with Gasteiger partial charge < -0.3 is 15.3 Å². The summed E-state index contributed by atoms with van der Waals surface area (Å²) in [6.07, 6.45) is 0.191. The summed E-state index contributed by atoms with van der Waals surface area (Å²) in [7, 11) is 0. The highest BCUT2D eigenvalue weighted by Crippen LogP contribution is 2.30. The monoisotopic (exact) mass is 430 g/mol. The first-order chi connectivity index (χ1) is 14.7. The average Bonchev–Trinajstić information content (AvgIpc) is 2.66. The zero-order chi connectivity index (χ0) is 22.2. The molecule has 0 bridgehead atoms. The van der Waals surface area contributed by atoms with Crippen LogP contribution >= 0.6 is 0 Å². The SMILES string of the molecule is Cc1cc(Nc2nccc(C(F)(F)F)n2)cc(-c2cnc(N3CCC3C(=O)O)nc2)c1. The Bertz CT molecular complexity index is 1120. The van der Waals surface area contributed by atoms with Gasteiger partial charge in [0.05, 0.1) is 0 Å². The Morgan fingerprint density at radius 3 is 2.52 bits per heavy atom. The summed E-state index contributed by atoms with van der Waals surface area (Å²) in [6.45, 7) is 2.42. The molecule has 160 valence electrons. The zero-order valence-corrected chi connectivity index (χ0v) is 16.3. The van der Waals surface area contributed by atoms with Gasteiger partial charge >= 0.3 is 12.1 Å². The molecule has 3 aromatic rings. The van der Waals surface area contributed by atoms with Crippen LogP contribution in [0.25, 0.3) is 11.1 Å². The number of carbonyl (C=O) groups is 1. The molecule has 1 atom stereocenters. The van der Waals surface area contributed by atoms with Crippen molar-refractivity contribution in [3.63, 3.8) is 0 Å².